The second kappa shape index (κ2) is 5.38. The molecule has 1 aliphatic carbocycles. The van der Waals surface area contributed by atoms with Crippen LogP contribution in [0.25, 0.3) is 0 Å². The molecule has 17 heavy (non-hydrogen) atoms. The molecule has 1 rings (SSSR count). The van der Waals surface area contributed by atoms with Gasteiger partial charge < -0.3 is 15.3 Å². The van der Waals surface area contributed by atoms with Gasteiger partial charge in [0, 0.05) is 12.6 Å². The van der Waals surface area contributed by atoms with Crippen molar-refractivity contribution in [2.45, 2.75) is 58.0 Å². The lowest BCUT2D eigenvalue weighted by Gasteiger charge is -2.31. The highest BCUT2D eigenvalue weighted by Crippen LogP contribution is 2.27. The Kier molecular flexibility index (Phi) is 4.37. The van der Waals surface area contributed by atoms with Crippen LogP contribution in [0, 0.1) is 0 Å². The van der Waals surface area contributed by atoms with E-state index in [1.165, 1.54) is 0 Å². The first-order valence-electron chi connectivity index (χ1n) is 6.32. The minimum Gasteiger partial charge on any atom is -0.480 e. The van der Waals surface area contributed by atoms with Crippen LogP contribution < -0.4 is 5.32 Å². The first-order valence-corrected chi connectivity index (χ1v) is 6.32. The molecular formula is C12H22N2O3. The Labute approximate surface area is 102 Å². The third-order valence-corrected chi connectivity index (χ3v) is 3.55. The van der Waals surface area contributed by atoms with Crippen LogP contribution in [0.1, 0.15) is 46.5 Å². The monoisotopic (exact) mass is 242 g/mol. The molecular weight excluding hydrogens is 220 g/mol. The molecule has 5 nitrogen and oxygen atoms in total. The Hall–Kier alpha value is -1.26. The van der Waals surface area contributed by atoms with Gasteiger partial charge in [0.1, 0.15) is 5.54 Å². The van der Waals surface area contributed by atoms with E-state index in [1.54, 1.807) is 18.7 Å². The van der Waals surface area contributed by atoms with Crippen LogP contribution in [0.4, 0.5) is 4.79 Å². The molecule has 0 saturated heterocycles. The molecule has 0 spiro atoms. The third-order valence-electron chi connectivity index (χ3n) is 3.55. The molecule has 5 heteroatoms. The molecule has 0 heterocycles. The van der Waals surface area contributed by atoms with Crippen LogP contribution in [0.2, 0.25) is 0 Å². The average Bonchev–Trinajstić information content (AvgIpc) is 3.11. The fraction of sp³-hybridized carbons (Fsp3) is 0.833. The molecule has 0 aromatic rings. The Balaban J connectivity index is 2.72. The molecule has 0 bridgehead atoms. The minimum absolute atomic E-state index is 0.249. The Morgan fingerprint density at radius 2 is 1.82 bits per heavy atom. The van der Waals surface area contributed by atoms with Crippen molar-refractivity contribution in [2.75, 3.05) is 6.54 Å². The van der Waals surface area contributed by atoms with Crippen molar-refractivity contribution < 1.29 is 14.7 Å². The topological polar surface area (TPSA) is 69.6 Å². The summed E-state index contributed by atoms with van der Waals surface area (Å²) in [4.78, 5) is 25.1. The Morgan fingerprint density at radius 1 is 1.29 bits per heavy atom. The van der Waals surface area contributed by atoms with E-state index in [-0.39, 0.29) is 6.03 Å². The molecule has 1 fully saturated rings. The van der Waals surface area contributed by atoms with Gasteiger partial charge in [0.2, 0.25) is 0 Å². The predicted octanol–water partition coefficient (Wildman–Crippen LogP) is 1.82. The van der Waals surface area contributed by atoms with E-state index >= 15 is 0 Å². The fourth-order valence-corrected chi connectivity index (χ4v) is 2.01. The van der Waals surface area contributed by atoms with Gasteiger partial charge in [0.05, 0.1) is 0 Å². The van der Waals surface area contributed by atoms with Crippen molar-refractivity contribution in [1.82, 2.24) is 10.2 Å². The van der Waals surface area contributed by atoms with E-state index in [2.05, 4.69) is 5.32 Å². The van der Waals surface area contributed by atoms with Crippen molar-refractivity contribution in [1.29, 1.82) is 0 Å². The summed E-state index contributed by atoms with van der Waals surface area (Å²) in [6, 6.07) is 0.0568. The number of aliphatic carboxylic acids is 1. The molecule has 0 unspecified atom stereocenters. The van der Waals surface area contributed by atoms with Gasteiger partial charge in [-0.05, 0) is 32.6 Å². The van der Waals surface area contributed by atoms with Gasteiger partial charge in [-0.3, -0.25) is 0 Å². The van der Waals surface area contributed by atoms with Crippen LogP contribution in [-0.4, -0.2) is 40.1 Å². The lowest BCUT2D eigenvalue weighted by atomic mass is 9.93. The van der Waals surface area contributed by atoms with Crippen molar-refractivity contribution in [3.63, 3.8) is 0 Å². The molecule has 0 radical (unpaired) electrons. The number of nitrogens with zero attached hydrogens (tertiary/aromatic N) is 1. The highest BCUT2D eigenvalue weighted by atomic mass is 16.4. The van der Waals surface area contributed by atoms with Gasteiger partial charge in [0.15, 0.2) is 0 Å². The van der Waals surface area contributed by atoms with Crippen LogP contribution in [0.5, 0.6) is 0 Å². The van der Waals surface area contributed by atoms with E-state index < -0.39 is 11.5 Å². The quantitative estimate of drug-likeness (QED) is 0.746. The second-order valence-corrected chi connectivity index (χ2v) is 4.54. The Morgan fingerprint density at radius 3 is 2.12 bits per heavy atom. The minimum atomic E-state index is -1.13. The zero-order chi connectivity index (χ0) is 13.1. The van der Waals surface area contributed by atoms with E-state index in [0.29, 0.717) is 25.4 Å². The zero-order valence-corrected chi connectivity index (χ0v) is 10.8. The number of nitrogens with one attached hydrogen (secondary N) is 1. The Bertz CT molecular complexity index is 296. The lowest BCUT2D eigenvalue weighted by Crippen LogP contribution is -2.57. The maximum Gasteiger partial charge on any atom is 0.329 e. The van der Waals surface area contributed by atoms with Gasteiger partial charge in [-0.2, -0.15) is 0 Å². The number of hydrogen-bond donors (Lipinski definition) is 2. The number of urea groups is 1. The number of carboxylic acids is 1. The van der Waals surface area contributed by atoms with E-state index in [4.69, 9.17) is 0 Å². The number of amides is 2. The average molecular weight is 242 g/mol. The number of hydrogen-bond acceptors (Lipinski definition) is 2. The predicted molar refractivity (Wildman–Crippen MR) is 64.9 cm³/mol. The summed E-state index contributed by atoms with van der Waals surface area (Å²) >= 11 is 0. The molecule has 0 aromatic carbocycles. The maximum absolute atomic E-state index is 12.0. The molecule has 2 amide bonds. The first-order chi connectivity index (χ1) is 8.00. The van der Waals surface area contributed by atoms with Crippen molar-refractivity contribution in [3.8, 4) is 0 Å². The summed E-state index contributed by atoms with van der Waals surface area (Å²) in [5.74, 6) is -0.956. The molecule has 1 aliphatic rings. The van der Waals surface area contributed by atoms with E-state index in [1.807, 2.05) is 6.92 Å². The van der Waals surface area contributed by atoms with Gasteiger partial charge in [-0.1, -0.05) is 13.8 Å². The number of carbonyl (C=O) groups is 2. The highest BCUT2D eigenvalue weighted by Gasteiger charge is 2.40. The summed E-state index contributed by atoms with van der Waals surface area (Å²) in [5, 5.41) is 11.9. The molecule has 2 N–H and O–H groups in total. The fourth-order valence-electron chi connectivity index (χ4n) is 2.01. The molecule has 0 aromatic heterocycles. The highest BCUT2D eigenvalue weighted by molar-refractivity contribution is 5.86. The van der Waals surface area contributed by atoms with Crippen molar-refractivity contribution >= 4 is 12.0 Å². The number of rotatable bonds is 6. The van der Waals surface area contributed by atoms with Crippen LogP contribution in [0.15, 0.2) is 0 Å². The van der Waals surface area contributed by atoms with Gasteiger partial charge in [-0.15, -0.1) is 0 Å². The van der Waals surface area contributed by atoms with E-state index in [9.17, 15) is 14.7 Å². The molecule has 98 valence electrons. The van der Waals surface area contributed by atoms with Crippen LogP contribution >= 0.6 is 0 Å². The molecule has 0 aliphatic heterocycles. The van der Waals surface area contributed by atoms with Gasteiger partial charge in [0.25, 0.3) is 0 Å². The normalized spacial score (nSPS) is 15.5. The van der Waals surface area contributed by atoms with Gasteiger partial charge in [-0.25, -0.2) is 9.59 Å². The molecule has 0 atom stereocenters. The van der Waals surface area contributed by atoms with E-state index in [0.717, 1.165) is 12.8 Å². The first kappa shape index (κ1) is 13.8. The summed E-state index contributed by atoms with van der Waals surface area (Å²) in [5.41, 5.74) is -1.13. The van der Waals surface area contributed by atoms with Crippen molar-refractivity contribution in [3.05, 3.63) is 0 Å². The standard InChI is InChI=1S/C12H22N2O3/c1-4-12(5-2,10(15)16)13-11(17)14(6-3)9-7-8-9/h9H,4-8H2,1-3H3,(H,13,17)(H,15,16). The van der Waals surface area contributed by atoms with Crippen LogP contribution in [0.3, 0.4) is 0 Å². The SMILES string of the molecule is CCN(C(=O)NC(CC)(CC)C(=O)O)C1CC1. The number of carboxylic acid groups (broad SMARTS) is 1. The third kappa shape index (κ3) is 2.90. The smallest absolute Gasteiger partial charge is 0.329 e. The second-order valence-electron chi connectivity index (χ2n) is 4.54. The summed E-state index contributed by atoms with van der Waals surface area (Å²) in [6.07, 6.45) is 2.85. The summed E-state index contributed by atoms with van der Waals surface area (Å²) in [7, 11) is 0. The van der Waals surface area contributed by atoms with Crippen LogP contribution in [-0.2, 0) is 4.79 Å². The lowest BCUT2D eigenvalue weighted by molar-refractivity contribution is -0.144. The maximum atomic E-state index is 12.0. The van der Waals surface area contributed by atoms with Crippen molar-refractivity contribution in [2.24, 2.45) is 0 Å². The summed E-state index contributed by atoms with van der Waals surface area (Å²) < 4.78 is 0. The van der Waals surface area contributed by atoms with Gasteiger partial charge >= 0.3 is 12.0 Å². The largest absolute Gasteiger partial charge is 0.480 e. The number of carbonyl (C=O) groups excluding carboxylic acids is 1. The summed E-state index contributed by atoms with van der Waals surface area (Å²) in [6.45, 7) is 6.11. The molecule has 1 saturated carbocycles. The zero-order valence-electron chi connectivity index (χ0n) is 10.8.